The standard InChI is InChI=1S/C8H18N2O3/c1-9-8(12)2-3-10-4-6-13-7-5-11/h10-11H,2-7H2,1H3,(H,9,12). The highest BCUT2D eigenvalue weighted by molar-refractivity contribution is 5.75. The van der Waals surface area contributed by atoms with E-state index < -0.39 is 0 Å². The quantitative estimate of drug-likeness (QED) is 0.417. The maximum absolute atomic E-state index is 10.7. The van der Waals surface area contributed by atoms with Crippen molar-refractivity contribution >= 4 is 5.91 Å². The first kappa shape index (κ1) is 12.3. The molecule has 3 N–H and O–H groups in total. The van der Waals surface area contributed by atoms with Gasteiger partial charge in [-0.3, -0.25) is 4.79 Å². The Balaban J connectivity index is 2.95. The Labute approximate surface area is 78.5 Å². The van der Waals surface area contributed by atoms with Gasteiger partial charge >= 0.3 is 0 Å². The number of hydrogen-bond donors (Lipinski definition) is 3. The van der Waals surface area contributed by atoms with Crippen LogP contribution in [0.25, 0.3) is 0 Å². The second kappa shape index (κ2) is 9.44. The average Bonchev–Trinajstić information content (AvgIpc) is 2.16. The largest absolute Gasteiger partial charge is 0.394 e. The highest BCUT2D eigenvalue weighted by atomic mass is 16.5. The van der Waals surface area contributed by atoms with Crippen molar-refractivity contribution in [2.75, 3.05) is 40.0 Å². The van der Waals surface area contributed by atoms with Crippen molar-refractivity contribution in [2.24, 2.45) is 0 Å². The normalized spacial score (nSPS) is 10.0. The number of aliphatic hydroxyl groups excluding tert-OH is 1. The summed E-state index contributed by atoms with van der Waals surface area (Å²) >= 11 is 0. The Hall–Kier alpha value is -0.650. The molecule has 0 aromatic rings. The van der Waals surface area contributed by atoms with Crippen LogP contribution in [0.5, 0.6) is 0 Å². The van der Waals surface area contributed by atoms with E-state index in [1.54, 1.807) is 7.05 Å². The number of nitrogens with one attached hydrogen (secondary N) is 2. The van der Waals surface area contributed by atoms with Gasteiger partial charge in [0, 0.05) is 26.6 Å². The SMILES string of the molecule is CNC(=O)CCNCCOCCO. The van der Waals surface area contributed by atoms with Crippen LogP contribution in [0.15, 0.2) is 0 Å². The highest BCUT2D eigenvalue weighted by Gasteiger charge is 1.95. The minimum atomic E-state index is 0.0313. The van der Waals surface area contributed by atoms with Crippen molar-refractivity contribution in [1.29, 1.82) is 0 Å². The molecule has 0 unspecified atom stereocenters. The Morgan fingerprint density at radius 2 is 2.15 bits per heavy atom. The molecule has 0 spiro atoms. The molecule has 0 heterocycles. The highest BCUT2D eigenvalue weighted by Crippen LogP contribution is 1.76. The summed E-state index contributed by atoms with van der Waals surface area (Å²) in [6.07, 6.45) is 0.483. The van der Waals surface area contributed by atoms with Gasteiger partial charge in [-0.25, -0.2) is 0 Å². The first-order chi connectivity index (χ1) is 6.31. The van der Waals surface area contributed by atoms with Gasteiger partial charge in [0.2, 0.25) is 5.91 Å². The molecular formula is C8H18N2O3. The molecule has 0 rings (SSSR count). The van der Waals surface area contributed by atoms with Gasteiger partial charge in [-0.15, -0.1) is 0 Å². The minimum absolute atomic E-state index is 0.0313. The zero-order valence-corrected chi connectivity index (χ0v) is 8.01. The monoisotopic (exact) mass is 190 g/mol. The van der Waals surface area contributed by atoms with Crippen molar-refractivity contribution in [3.8, 4) is 0 Å². The van der Waals surface area contributed by atoms with E-state index >= 15 is 0 Å². The second-order valence-electron chi connectivity index (χ2n) is 2.51. The number of ether oxygens (including phenoxy) is 1. The fraction of sp³-hybridized carbons (Fsp3) is 0.875. The van der Waals surface area contributed by atoms with Crippen LogP contribution in [0.2, 0.25) is 0 Å². The molecule has 5 heteroatoms. The fourth-order valence-electron chi connectivity index (χ4n) is 0.763. The smallest absolute Gasteiger partial charge is 0.221 e. The van der Waals surface area contributed by atoms with Crippen molar-refractivity contribution in [3.05, 3.63) is 0 Å². The lowest BCUT2D eigenvalue weighted by Gasteiger charge is -2.04. The van der Waals surface area contributed by atoms with Gasteiger partial charge in [0.15, 0.2) is 0 Å². The minimum Gasteiger partial charge on any atom is -0.394 e. The van der Waals surface area contributed by atoms with Crippen LogP contribution in [0, 0.1) is 0 Å². The maximum Gasteiger partial charge on any atom is 0.221 e. The predicted molar refractivity (Wildman–Crippen MR) is 49.5 cm³/mol. The number of rotatable bonds is 8. The Kier molecular flexibility index (Phi) is 8.97. The van der Waals surface area contributed by atoms with E-state index in [0.29, 0.717) is 32.7 Å². The molecule has 13 heavy (non-hydrogen) atoms. The van der Waals surface area contributed by atoms with Gasteiger partial charge in [-0.1, -0.05) is 0 Å². The molecule has 0 bridgehead atoms. The molecule has 0 aromatic carbocycles. The number of carbonyl (C=O) groups is 1. The molecule has 0 fully saturated rings. The topological polar surface area (TPSA) is 70.6 Å². The van der Waals surface area contributed by atoms with Crippen LogP contribution in [-0.2, 0) is 9.53 Å². The van der Waals surface area contributed by atoms with E-state index in [1.165, 1.54) is 0 Å². The van der Waals surface area contributed by atoms with Crippen LogP contribution in [0.4, 0.5) is 0 Å². The van der Waals surface area contributed by atoms with Gasteiger partial charge in [0.1, 0.15) is 0 Å². The molecule has 0 saturated carbocycles. The summed E-state index contributed by atoms with van der Waals surface area (Å²) in [6, 6.07) is 0. The molecule has 78 valence electrons. The molecule has 5 nitrogen and oxygen atoms in total. The summed E-state index contributed by atoms with van der Waals surface area (Å²) in [4.78, 5) is 10.7. The van der Waals surface area contributed by atoms with Crippen LogP contribution < -0.4 is 10.6 Å². The summed E-state index contributed by atoms with van der Waals surface area (Å²) in [5, 5.41) is 14.0. The van der Waals surface area contributed by atoms with Crippen LogP contribution in [0.1, 0.15) is 6.42 Å². The second-order valence-corrected chi connectivity index (χ2v) is 2.51. The average molecular weight is 190 g/mol. The van der Waals surface area contributed by atoms with Gasteiger partial charge in [-0.05, 0) is 0 Å². The molecule has 0 saturated heterocycles. The summed E-state index contributed by atoms with van der Waals surface area (Å²) < 4.78 is 5.00. The van der Waals surface area contributed by atoms with Gasteiger partial charge in [-0.2, -0.15) is 0 Å². The Bertz CT molecular complexity index is 131. The summed E-state index contributed by atoms with van der Waals surface area (Å²) in [7, 11) is 1.62. The maximum atomic E-state index is 10.7. The van der Waals surface area contributed by atoms with Crippen LogP contribution >= 0.6 is 0 Å². The van der Waals surface area contributed by atoms with Crippen LogP contribution in [0.3, 0.4) is 0 Å². The third kappa shape index (κ3) is 9.26. The fourth-order valence-corrected chi connectivity index (χ4v) is 0.763. The van der Waals surface area contributed by atoms with Crippen LogP contribution in [-0.4, -0.2) is 51.0 Å². The van der Waals surface area contributed by atoms with Gasteiger partial charge < -0.3 is 20.5 Å². The third-order valence-electron chi connectivity index (χ3n) is 1.47. The first-order valence-electron chi connectivity index (χ1n) is 4.41. The lowest BCUT2D eigenvalue weighted by Crippen LogP contribution is -2.27. The zero-order valence-electron chi connectivity index (χ0n) is 8.01. The lowest BCUT2D eigenvalue weighted by atomic mass is 10.4. The molecule has 1 amide bonds. The van der Waals surface area contributed by atoms with Crippen molar-refractivity contribution < 1.29 is 14.6 Å². The van der Waals surface area contributed by atoms with Crippen molar-refractivity contribution in [2.45, 2.75) is 6.42 Å². The first-order valence-corrected chi connectivity index (χ1v) is 4.41. The summed E-state index contributed by atoms with van der Waals surface area (Å²) in [5.74, 6) is 0.0313. The molecule has 0 aliphatic rings. The van der Waals surface area contributed by atoms with Gasteiger partial charge in [0.05, 0.1) is 19.8 Å². The van der Waals surface area contributed by atoms with Gasteiger partial charge in [0.25, 0.3) is 0 Å². The van der Waals surface area contributed by atoms with E-state index in [4.69, 9.17) is 9.84 Å². The van der Waals surface area contributed by atoms with Crippen molar-refractivity contribution in [1.82, 2.24) is 10.6 Å². The summed E-state index contributed by atoms with van der Waals surface area (Å²) in [6.45, 7) is 2.35. The Morgan fingerprint density at radius 3 is 2.77 bits per heavy atom. The third-order valence-corrected chi connectivity index (χ3v) is 1.47. The molecule has 0 radical (unpaired) electrons. The van der Waals surface area contributed by atoms with E-state index in [9.17, 15) is 4.79 Å². The van der Waals surface area contributed by atoms with E-state index in [1.807, 2.05) is 0 Å². The molecule has 0 aromatic heterocycles. The predicted octanol–water partition coefficient (Wildman–Crippen LogP) is -1.28. The lowest BCUT2D eigenvalue weighted by molar-refractivity contribution is -0.120. The zero-order chi connectivity index (χ0) is 9.94. The number of hydrogen-bond acceptors (Lipinski definition) is 4. The summed E-state index contributed by atoms with van der Waals surface area (Å²) in [5.41, 5.74) is 0. The number of amides is 1. The molecule has 0 atom stereocenters. The van der Waals surface area contributed by atoms with E-state index in [2.05, 4.69) is 10.6 Å². The van der Waals surface area contributed by atoms with E-state index in [0.717, 1.165) is 0 Å². The van der Waals surface area contributed by atoms with E-state index in [-0.39, 0.29) is 12.5 Å². The van der Waals surface area contributed by atoms with Crippen molar-refractivity contribution in [3.63, 3.8) is 0 Å². The molecule has 0 aliphatic heterocycles. The molecular weight excluding hydrogens is 172 g/mol. The Morgan fingerprint density at radius 1 is 1.38 bits per heavy atom. The number of aliphatic hydroxyl groups is 1. The molecule has 0 aliphatic carbocycles. The number of carbonyl (C=O) groups excluding carboxylic acids is 1.